The van der Waals surface area contributed by atoms with Crippen LogP contribution in [0.4, 0.5) is 4.39 Å². The SMILES string of the molecule is NC(=O)[C@@H](CNC(=O)CCc1ccsc1)Cc1ccc(F)cc1. The van der Waals surface area contributed by atoms with Gasteiger partial charge >= 0.3 is 0 Å². The van der Waals surface area contributed by atoms with Crippen molar-refractivity contribution in [2.24, 2.45) is 11.7 Å². The third kappa shape index (κ3) is 5.83. The molecule has 3 N–H and O–H groups in total. The Morgan fingerprint density at radius 3 is 2.52 bits per heavy atom. The van der Waals surface area contributed by atoms with Crippen molar-refractivity contribution in [1.29, 1.82) is 0 Å². The average Bonchev–Trinajstić information content (AvgIpc) is 3.04. The predicted octanol–water partition coefficient (Wildman–Crippen LogP) is 2.28. The highest BCUT2D eigenvalue weighted by Crippen LogP contribution is 2.10. The van der Waals surface area contributed by atoms with Crippen LogP contribution in [0.1, 0.15) is 17.5 Å². The van der Waals surface area contributed by atoms with Crippen LogP contribution in [0.25, 0.3) is 0 Å². The molecule has 0 spiro atoms. The molecule has 1 heterocycles. The molecule has 2 aromatic rings. The maximum atomic E-state index is 12.9. The van der Waals surface area contributed by atoms with Gasteiger partial charge in [-0.05, 0) is 52.9 Å². The van der Waals surface area contributed by atoms with Gasteiger partial charge in [0.15, 0.2) is 0 Å². The molecule has 2 amide bonds. The molecule has 0 aliphatic rings. The number of aryl methyl sites for hydroxylation is 1. The van der Waals surface area contributed by atoms with Crippen molar-refractivity contribution in [3.8, 4) is 0 Å². The van der Waals surface area contributed by atoms with Gasteiger partial charge in [-0.15, -0.1) is 0 Å². The van der Waals surface area contributed by atoms with E-state index in [1.807, 2.05) is 16.8 Å². The molecule has 4 nitrogen and oxygen atoms in total. The van der Waals surface area contributed by atoms with Crippen molar-refractivity contribution < 1.29 is 14.0 Å². The van der Waals surface area contributed by atoms with E-state index in [0.29, 0.717) is 19.3 Å². The predicted molar refractivity (Wildman–Crippen MR) is 88.4 cm³/mol. The van der Waals surface area contributed by atoms with Gasteiger partial charge in [-0.25, -0.2) is 4.39 Å². The lowest BCUT2D eigenvalue weighted by molar-refractivity contribution is -0.123. The van der Waals surface area contributed by atoms with Crippen molar-refractivity contribution in [3.63, 3.8) is 0 Å². The fourth-order valence-corrected chi connectivity index (χ4v) is 2.90. The number of halogens is 1. The van der Waals surface area contributed by atoms with Gasteiger partial charge in [-0.2, -0.15) is 11.3 Å². The van der Waals surface area contributed by atoms with Gasteiger partial charge in [0.2, 0.25) is 11.8 Å². The van der Waals surface area contributed by atoms with Gasteiger partial charge in [0, 0.05) is 13.0 Å². The zero-order chi connectivity index (χ0) is 16.7. The van der Waals surface area contributed by atoms with Crippen LogP contribution in [-0.2, 0) is 22.4 Å². The van der Waals surface area contributed by atoms with Crippen molar-refractivity contribution in [2.45, 2.75) is 19.3 Å². The summed E-state index contributed by atoms with van der Waals surface area (Å²) >= 11 is 1.60. The lowest BCUT2D eigenvalue weighted by Crippen LogP contribution is -2.37. The highest BCUT2D eigenvalue weighted by atomic mass is 32.1. The summed E-state index contributed by atoms with van der Waals surface area (Å²) in [6.07, 6.45) is 1.42. The number of nitrogens with one attached hydrogen (secondary N) is 1. The third-order valence-electron chi connectivity index (χ3n) is 3.56. The molecule has 2 rings (SSSR count). The van der Waals surface area contributed by atoms with E-state index >= 15 is 0 Å². The number of benzene rings is 1. The quantitative estimate of drug-likeness (QED) is 0.777. The number of hydrogen-bond acceptors (Lipinski definition) is 3. The van der Waals surface area contributed by atoms with E-state index < -0.39 is 11.8 Å². The zero-order valence-electron chi connectivity index (χ0n) is 12.6. The molecule has 0 bridgehead atoms. The first-order valence-electron chi connectivity index (χ1n) is 7.36. The molecule has 0 aliphatic heterocycles. The van der Waals surface area contributed by atoms with Crippen LogP contribution in [-0.4, -0.2) is 18.4 Å². The number of amides is 2. The Balaban J connectivity index is 1.80. The van der Waals surface area contributed by atoms with Crippen molar-refractivity contribution in [2.75, 3.05) is 6.54 Å². The van der Waals surface area contributed by atoms with E-state index in [0.717, 1.165) is 11.1 Å². The molecule has 0 radical (unpaired) electrons. The third-order valence-corrected chi connectivity index (χ3v) is 4.30. The summed E-state index contributed by atoms with van der Waals surface area (Å²) in [5, 5.41) is 6.73. The van der Waals surface area contributed by atoms with Gasteiger partial charge in [-0.3, -0.25) is 9.59 Å². The van der Waals surface area contributed by atoms with Crippen LogP contribution < -0.4 is 11.1 Å². The first kappa shape index (κ1) is 17.1. The lowest BCUT2D eigenvalue weighted by Gasteiger charge is -2.14. The largest absolute Gasteiger partial charge is 0.369 e. The van der Waals surface area contributed by atoms with Gasteiger partial charge < -0.3 is 11.1 Å². The molecule has 0 aliphatic carbocycles. The van der Waals surface area contributed by atoms with E-state index in [-0.39, 0.29) is 18.3 Å². The van der Waals surface area contributed by atoms with Crippen LogP contribution in [0, 0.1) is 11.7 Å². The highest BCUT2D eigenvalue weighted by molar-refractivity contribution is 7.07. The fraction of sp³-hybridized carbons (Fsp3) is 0.294. The Kier molecular flexibility index (Phi) is 6.29. The second kappa shape index (κ2) is 8.43. The number of hydrogen-bond donors (Lipinski definition) is 2. The molecule has 1 atom stereocenters. The molecule has 0 saturated heterocycles. The summed E-state index contributed by atoms with van der Waals surface area (Å²) in [5.41, 5.74) is 7.32. The molecule has 23 heavy (non-hydrogen) atoms. The Labute approximate surface area is 138 Å². The number of carbonyl (C=O) groups is 2. The topological polar surface area (TPSA) is 72.2 Å². The maximum Gasteiger partial charge on any atom is 0.222 e. The Bertz CT molecular complexity index is 641. The molecule has 0 saturated carbocycles. The van der Waals surface area contributed by atoms with E-state index in [9.17, 15) is 14.0 Å². The van der Waals surface area contributed by atoms with Crippen LogP contribution in [0.3, 0.4) is 0 Å². The molecular formula is C17H19FN2O2S. The van der Waals surface area contributed by atoms with Gasteiger partial charge in [0.05, 0.1) is 5.92 Å². The molecular weight excluding hydrogens is 315 g/mol. The smallest absolute Gasteiger partial charge is 0.222 e. The molecule has 0 fully saturated rings. The van der Waals surface area contributed by atoms with Gasteiger partial charge in [-0.1, -0.05) is 12.1 Å². The van der Waals surface area contributed by atoms with E-state index in [2.05, 4.69) is 5.32 Å². The van der Waals surface area contributed by atoms with E-state index in [1.54, 1.807) is 23.5 Å². The summed E-state index contributed by atoms with van der Waals surface area (Å²) < 4.78 is 12.9. The summed E-state index contributed by atoms with van der Waals surface area (Å²) in [7, 11) is 0. The summed E-state index contributed by atoms with van der Waals surface area (Å²) in [6.45, 7) is 0.190. The standard InChI is InChI=1S/C17H19FN2O2S/c18-15-4-1-12(2-5-15)9-14(17(19)22)10-20-16(21)6-3-13-7-8-23-11-13/h1-2,4-5,7-8,11,14H,3,6,9-10H2,(H2,19,22)(H,20,21)/t14-/m1/s1. The summed E-state index contributed by atoms with van der Waals surface area (Å²) in [5.74, 6) is -1.43. The summed E-state index contributed by atoms with van der Waals surface area (Å²) in [6, 6.07) is 7.89. The van der Waals surface area contributed by atoms with Crippen LogP contribution in [0.15, 0.2) is 41.1 Å². The van der Waals surface area contributed by atoms with Crippen molar-refractivity contribution >= 4 is 23.2 Å². The van der Waals surface area contributed by atoms with Crippen LogP contribution in [0.5, 0.6) is 0 Å². The maximum absolute atomic E-state index is 12.9. The number of nitrogens with two attached hydrogens (primary N) is 1. The molecule has 1 aromatic heterocycles. The second-order valence-electron chi connectivity index (χ2n) is 5.37. The molecule has 1 aromatic carbocycles. The Morgan fingerprint density at radius 2 is 1.91 bits per heavy atom. The number of rotatable bonds is 8. The lowest BCUT2D eigenvalue weighted by atomic mass is 9.98. The first-order chi connectivity index (χ1) is 11.0. The number of thiophene rings is 1. The second-order valence-corrected chi connectivity index (χ2v) is 6.15. The van der Waals surface area contributed by atoms with Gasteiger partial charge in [0.1, 0.15) is 5.82 Å². The summed E-state index contributed by atoms with van der Waals surface area (Å²) in [4.78, 5) is 23.4. The molecule has 6 heteroatoms. The van der Waals surface area contributed by atoms with Crippen molar-refractivity contribution in [3.05, 3.63) is 58.0 Å². The number of primary amides is 1. The van der Waals surface area contributed by atoms with Crippen LogP contribution >= 0.6 is 11.3 Å². The average molecular weight is 334 g/mol. The monoisotopic (exact) mass is 334 g/mol. The molecule has 0 unspecified atom stereocenters. The minimum Gasteiger partial charge on any atom is -0.369 e. The highest BCUT2D eigenvalue weighted by Gasteiger charge is 2.17. The van der Waals surface area contributed by atoms with Gasteiger partial charge in [0.25, 0.3) is 0 Å². The Morgan fingerprint density at radius 1 is 1.17 bits per heavy atom. The first-order valence-corrected chi connectivity index (χ1v) is 8.30. The van der Waals surface area contributed by atoms with Crippen LogP contribution in [0.2, 0.25) is 0 Å². The zero-order valence-corrected chi connectivity index (χ0v) is 13.4. The minimum absolute atomic E-state index is 0.110. The number of carbonyl (C=O) groups excluding carboxylic acids is 2. The minimum atomic E-state index is -0.509. The van der Waals surface area contributed by atoms with Crippen molar-refractivity contribution in [1.82, 2.24) is 5.32 Å². The van der Waals surface area contributed by atoms with E-state index in [1.165, 1.54) is 12.1 Å². The Hall–Kier alpha value is -2.21. The fourth-order valence-electron chi connectivity index (χ4n) is 2.20. The van der Waals surface area contributed by atoms with E-state index in [4.69, 9.17) is 5.73 Å². The normalized spacial score (nSPS) is 11.9. The molecule has 122 valence electrons.